The summed E-state index contributed by atoms with van der Waals surface area (Å²) in [7, 11) is 0. The first-order chi connectivity index (χ1) is 4.57. The van der Waals surface area contributed by atoms with Gasteiger partial charge in [-0.25, -0.2) is 0 Å². The average molecular weight is 139 g/mol. The van der Waals surface area contributed by atoms with Crippen LogP contribution in [-0.2, 0) is 0 Å². The zero-order chi connectivity index (χ0) is 7.78. The van der Waals surface area contributed by atoms with Crippen LogP contribution in [-0.4, -0.2) is 29.6 Å². The van der Waals surface area contributed by atoms with Crippen molar-refractivity contribution < 1.29 is 0 Å². The number of nitriles is 1. The molecule has 0 atom stereocenters. The second-order valence-electron chi connectivity index (χ2n) is 3.27. The van der Waals surface area contributed by atoms with Gasteiger partial charge in [-0.05, 0) is 13.8 Å². The van der Waals surface area contributed by atoms with E-state index in [4.69, 9.17) is 11.0 Å². The van der Waals surface area contributed by atoms with E-state index < -0.39 is 5.54 Å². The lowest BCUT2D eigenvalue weighted by molar-refractivity contribution is 0.0751. The van der Waals surface area contributed by atoms with E-state index in [2.05, 4.69) is 24.8 Å². The Kier molecular flexibility index (Phi) is 1.67. The van der Waals surface area contributed by atoms with E-state index in [1.807, 2.05) is 0 Å². The summed E-state index contributed by atoms with van der Waals surface area (Å²) in [5.74, 6) is 0. The largest absolute Gasteiger partial charge is 0.311 e. The fourth-order valence-corrected chi connectivity index (χ4v) is 1.11. The van der Waals surface area contributed by atoms with E-state index >= 15 is 0 Å². The molecule has 0 aromatic carbocycles. The first-order valence-electron chi connectivity index (χ1n) is 3.51. The number of likely N-dealkylation sites (tertiary alicyclic amines) is 1. The molecule has 3 heteroatoms. The summed E-state index contributed by atoms with van der Waals surface area (Å²) >= 11 is 0. The number of nitrogens with zero attached hydrogens (tertiary/aromatic N) is 2. The van der Waals surface area contributed by atoms with Gasteiger partial charge in [0.1, 0.15) is 5.54 Å². The minimum atomic E-state index is -0.551. The minimum Gasteiger partial charge on any atom is -0.311 e. The van der Waals surface area contributed by atoms with Crippen molar-refractivity contribution in [1.82, 2.24) is 4.90 Å². The van der Waals surface area contributed by atoms with E-state index in [1.54, 1.807) is 0 Å². The molecule has 0 bridgehead atoms. The summed E-state index contributed by atoms with van der Waals surface area (Å²) in [5.41, 5.74) is 5.08. The molecule has 1 aliphatic rings. The van der Waals surface area contributed by atoms with Gasteiger partial charge in [0.15, 0.2) is 0 Å². The summed E-state index contributed by atoms with van der Waals surface area (Å²) in [6.45, 7) is 5.66. The highest BCUT2D eigenvalue weighted by atomic mass is 15.3. The van der Waals surface area contributed by atoms with Crippen LogP contribution in [0.2, 0.25) is 0 Å². The number of nitrogens with two attached hydrogens (primary N) is 1. The van der Waals surface area contributed by atoms with Crippen LogP contribution in [0, 0.1) is 11.3 Å². The normalized spacial score (nSPS) is 23.9. The highest BCUT2D eigenvalue weighted by molar-refractivity contribution is 5.15. The van der Waals surface area contributed by atoms with E-state index in [0.717, 1.165) is 13.1 Å². The standard InChI is InChI=1S/C7H13N3/c1-6(2)10-4-7(9,3-8)5-10/h6H,4-5,9H2,1-2H3. The molecule has 1 heterocycles. The Morgan fingerprint density at radius 3 is 2.40 bits per heavy atom. The third-order valence-electron chi connectivity index (χ3n) is 1.92. The van der Waals surface area contributed by atoms with Crippen molar-refractivity contribution in [2.45, 2.75) is 25.4 Å². The van der Waals surface area contributed by atoms with E-state index in [-0.39, 0.29) is 0 Å². The Bertz CT molecular complexity index is 162. The van der Waals surface area contributed by atoms with Crippen LogP contribution in [0.1, 0.15) is 13.8 Å². The molecule has 0 saturated carbocycles. The highest BCUT2D eigenvalue weighted by Gasteiger charge is 2.40. The van der Waals surface area contributed by atoms with Gasteiger partial charge in [-0.3, -0.25) is 4.90 Å². The van der Waals surface area contributed by atoms with Crippen LogP contribution in [0.5, 0.6) is 0 Å². The Hall–Kier alpha value is -0.590. The zero-order valence-corrected chi connectivity index (χ0v) is 6.46. The van der Waals surface area contributed by atoms with Crippen molar-refractivity contribution in [3.63, 3.8) is 0 Å². The first-order valence-corrected chi connectivity index (χ1v) is 3.51. The second-order valence-corrected chi connectivity index (χ2v) is 3.27. The van der Waals surface area contributed by atoms with E-state index in [9.17, 15) is 0 Å². The maximum absolute atomic E-state index is 8.54. The Morgan fingerprint density at radius 2 is 2.10 bits per heavy atom. The molecule has 10 heavy (non-hydrogen) atoms. The van der Waals surface area contributed by atoms with Gasteiger partial charge in [0.25, 0.3) is 0 Å². The Morgan fingerprint density at radius 1 is 1.60 bits per heavy atom. The van der Waals surface area contributed by atoms with Crippen LogP contribution in [0.25, 0.3) is 0 Å². The van der Waals surface area contributed by atoms with Crippen LogP contribution in [0.15, 0.2) is 0 Å². The summed E-state index contributed by atoms with van der Waals surface area (Å²) in [6.07, 6.45) is 0. The lowest BCUT2D eigenvalue weighted by Gasteiger charge is -2.45. The molecule has 0 spiro atoms. The first kappa shape index (κ1) is 7.52. The van der Waals surface area contributed by atoms with Crippen molar-refractivity contribution in [3.8, 4) is 6.07 Å². The molecular formula is C7H13N3. The summed E-state index contributed by atoms with van der Waals surface area (Å²) in [4.78, 5) is 2.18. The van der Waals surface area contributed by atoms with Gasteiger partial charge in [0.2, 0.25) is 0 Å². The maximum Gasteiger partial charge on any atom is 0.129 e. The monoisotopic (exact) mass is 139 g/mol. The van der Waals surface area contributed by atoms with Crippen molar-refractivity contribution in [2.24, 2.45) is 5.73 Å². The van der Waals surface area contributed by atoms with Crippen LogP contribution in [0.4, 0.5) is 0 Å². The van der Waals surface area contributed by atoms with E-state index in [0.29, 0.717) is 6.04 Å². The van der Waals surface area contributed by atoms with E-state index in [1.165, 1.54) is 0 Å². The molecule has 0 aromatic heterocycles. The number of rotatable bonds is 1. The van der Waals surface area contributed by atoms with Crippen molar-refractivity contribution in [3.05, 3.63) is 0 Å². The average Bonchev–Trinajstić information content (AvgIpc) is 1.80. The lowest BCUT2D eigenvalue weighted by Crippen LogP contribution is -2.67. The third kappa shape index (κ3) is 1.13. The predicted octanol–water partition coefficient (Wildman–Crippen LogP) is -0.0685. The van der Waals surface area contributed by atoms with Crippen LogP contribution >= 0.6 is 0 Å². The number of hydrogen-bond acceptors (Lipinski definition) is 3. The van der Waals surface area contributed by atoms with Gasteiger partial charge in [-0.1, -0.05) is 0 Å². The minimum absolute atomic E-state index is 0.519. The predicted molar refractivity (Wildman–Crippen MR) is 39.2 cm³/mol. The maximum atomic E-state index is 8.54. The molecular weight excluding hydrogens is 126 g/mol. The molecule has 1 fully saturated rings. The molecule has 0 unspecified atom stereocenters. The lowest BCUT2D eigenvalue weighted by atomic mass is 9.92. The molecule has 2 N–H and O–H groups in total. The molecule has 1 rings (SSSR count). The van der Waals surface area contributed by atoms with Crippen LogP contribution < -0.4 is 5.73 Å². The molecule has 1 aliphatic heterocycles. The number of hydrogen-bond donors (Lipinski definition) is 1. The summed E-state index contributed by atoms with van der Waals surface area (Å²) in [5, 5.41) is 8.54. The topological polar surface area (TPSA) is 53.0 Å². The van der Waals surface area contributed by atoms with Gasteiger partial charge in [0, 0.05) is 19.1 Å². The van der Waals surface area contributed by atoms with Crippen molar-refractivity contribution in [2.75, 3.05) is 13.1 Å². The Labute approximate surface area is 61.4 Å². The fraction of sp³-hybridized carbons (Fsp3) is 0.857. The van der Waals surface area contributed by atoms with Crippen molar-refractivity contribution in [1.29, 1.82) is 5.26 Å². The van der Waals surface area contributed by atoms with Gasteiger partial charge < -0.3 is 5.73 Å². The smallest absolute Gasteiger partial charge is 0.129 e. The SMILES string of the molecule is CC(C)N1CC(N)(C#N)C1. The zero-order valence-electron chi connectivity index (χ0n) is 6.46. The van der Waals surface area contributed by atoms with Crippen molar-refractivity contribution >= 4 is 0 Å². The second kappa shape index (κ2) is 2.22. The molecule has 0 aromatic rings. The molecule has 3 nitrogen and oxygen atoms in total. The fourth-order valence-electron chi connectivity index (χ4n) is 1.11. The summed E-state index contributed by atoms with van der Waals surface area (Å²) < 4.78 is 0. The molecule has 56 valence electrons. The van der Waals surface area contributed by atoms with Gasteiger partial charge >= 0.3 is 0 Å². The third-order valence-corrected chi connectivity index (χ3v) is 1.92. The van der Waals surface area contributed by atoms with Gasteiger partial charge in [0.05, 0.1) is 6.07 Å². The highest BCUT2D eigenvalue weighted by Crippen LogP contribution is 2.19. The van der Waals surface area contributed by atoms with Gasteiger partial charge in [-0.15, -0.1) is 0 Å². The molecule has 0 amide bonds. The molecule has 0 radical (unpaired) electrons. The molecule has 1 saturated heterocycles. The summed E-state index contributed by atoms with van der Waals surface area (Å²) in [6, 6.07) is 2.62. The molecule has 0 aliphatic carbocycles. The van der Waals surface area contributed by atoms with Crippen LogP contribution in [0.3, 0.4) is 0 Å². The van der Waals surface area contributed by atoms with Gasteiger partial charge in [-0.2, -0.15) is 5.26 Å². The Balaban J connectivity index is 2.38. The quantitative estimate of drug-likeness (QED) is 0.553.